The highest BCUT2D eigenvalue weighted by Gasteiger charge is 2.10. The molecule has 2 rings (SSSR count). The van der Waals surface area contributed by atoms with Crippen LogP contribution >= 0.6 is 0 Å². The topological polar surface area (TPSA) is 29.5 Å². The van der Waals surface area contributed by atoms with E-state index >= 15 is 0 Å². The standard InChI is InChI=1S/C18H22O2/c1-13(2)20-17-10-8-15(9-11-17)18(19)12-16-7-5-4-6-14(16)3/h4-11,13,18-19H,12H2,1-3H3. The Kier molecular flexibility index (Phi) is 4.80. The fraction of sp³-hybridized carbons (Fsp3) is 0.333. The summed E-state index contributed by atoms with van der Waals surface area (Å²) in [5.74, 6) is 0.840. The molecule has 2 aromatic rings. The normalized spacial score (nSPS) is 12.4. The zero-order valence-corrected chi connectivity index (χ0v) is 12.3. The van der Waals surface area contributed by atoms with Crippen LogP contribution in [-0.4, -0.2) is 11.2 Å². The number of ether oxygens (including phenoxy) is 1. The van der Waals surface area contributed by atoms with E-state index < -0.39 is 6.10 Å². The maximum atomic E-state index is 10.3. The Morgan fingerprint density at radius 3 is 2.25 bits per heavy atom. The van der Waals surface area contributed by atoms with E-state index in [-0.39, 0.29) is 6.10 Å². The molecule has 2 heteroatoms. The molecule has 0 radical (unpaired) electrons. The lowest BCUT2D eigenvalue weighted by Gasteiger charge is -2.14. The second kappa shape index (κ2) is 6.58. The first kappa shape index (κ1) is 14.6. The van der Waals surface area contributed by atoms with Crippen molar-refractivity contribution in [2.75, 3.05) is 0 Å². The second-order valence-electron chi connectivity index (χ2n) is 5.38. The summed E-state index contributed by atoms with van der Waals surface area (Å²) < 4.78 is 5.60. The molecule has 0 bridgehead atoms. The summed E-state index contributed by atoms with van der Waals surface area (Å²) in [7, 11) is 0. The summed E-state index contributed by atoms with van der Waals surface area (Å²) >= 11 is 0. The number of aliphatic hydroxyl groups is 1. The maximum Gasteiger partial charge on any atom is 0.119 e. The summed E-state index contributed by atoms with van der Waals surface area (Å²) in [5.41, 5.74) is 3.32. The van der Waals surface area contributed by atoms with Crippen molar-refractivity contribution >= 4 is 0 Å². The van der Waals surface area contributed by atoms with E-state index in [1.807, 2.05) is 50.2 Å². The molecule has 0 saturated carbocycles. The number of benzene rings is 2. The minimum Gasteiger partial charge on any atom is -0.491 e. The minimum atomic E-state index is -0.482. The summed E-state index contributed by atoms with van der Waals surface area (Å²) in [4.78, 5) is 0. The molecule has 2 nitrogen and oxygen atoms in total. The fourth-order valence-corrected chi connectivity index (χ4v) is 2.21. The van der Waals surface area contributed by atoms with Crippen LogP contribution in [0.1, 0.15) is 36.6 Å². The van der Waals surface area contributed by atoms with Gasteiger partial charge in [0.05, 0.1) is 12.2 Å². The van der Waals surface area contributed by atoms with Gasteiger partial charge in [-0.05, 0) is 49.6 Å². The molecular formula is C18H22O2. The first-order chi connectivity index (χ1) is 9.56. The van der Waals surface area contributed by atoms with Crippen LogP contribution in [0.25, 0.3) is 0 Å². The van der Waals surface area contributed by atoms with Crippen molar-refractivity contribution in [3.8, 4) is 5.75 Å². The van der Waals surface area contributed by atoms with Crippen LogP contribution in [0.2, 0.25) is 0 Å². The fourth-order valence-electron chi connectivity index (χ4n) is 2.21. The molecule has 106 valence electrons. The molecule has 1 atom stereocenters. The Labute approximate surface area is 121 Å². The Hall–Kier alpha value is -1.80. The highest BCUT2D eigenvalue weighted by atomic mass is 16.5. The highest BCUT2D eigenvalue weighted by Crippen LogP contribution is 2.23. The predicted molar refractivity (Wildman–Crippen MR) is 82.0 cm³/mol. The Morgan fingerprint density at radius 2 is 1.65 bits per heavy atom. The average molecular weight is 270 g/mol. The van der Waals surface area contributed by atoms with E-state index in [1.165, 1.54) is 11.1 Å². The van der Waals surface area contributed by atoms with Gasteiger partial charge < -0.3 is 9.84 Å². The molecule has 2 aromatic carbocycles. The van der Waals surface area contributed by atoms with Crippen molar-refractivity contribution in [1.82, 2.24) is 0 Å². The van der Waals surface area contributed by atoms with Crippen LogP contribution < -0.4 is 4.74 Å². The van der Waals surface area contributed by atoms with Gasteiger partial charge in [0.1, 0.15) is 5.75 Å². The zero-order chi connectivity index (χ0) is 14.5. The molecule has 1 N–H and O–H groups in total. The van der Waals surface area contributed by atoms with Gasteiger partial charge in [0.2, 0.25) is 0 Å². The predicted octanol–water partition coefficient (Wildman–Crippen LogP) is 4.06. The van der Waals surface area contributed by atoms with Gasteiger partial charge in [-0.1, -0.05) is 36.4 Å². The summed E-state index contributed by atoms with van der Waals surface area (Å²) in [6.07, 6.45) is 0.318. The lowest BCUT2D eigenvalue weighted by atomic mass is 9.98. The minimum absolute atomic E-state index is 0.165. The molecule has 0 heterocycles. The first-order valence-corrected chi connectivity index (χ1v) is 7.05. The lowest BCUT2D eigenvalue weighted by Crippen LogP contribution is -2.06. The largest absolute Gasteiger partial charge is 0.491 e. The van der Waals surface area contributed by atoms with Crippen LogP contribution in [0.4, 0.5) is 0 Å². The smallest absolute Gasteiger partial charge is 0.119 e. The van der Waals surface area contributed by atoms with E-state index in [2.05, 4.69) is 19.1 Å². The van der Waals surface area contributed by atoms with E-state index in [9.17, 15) is 5.11 Å². The molecule has 0 aliphatic rings. The van der Waals surface area contributed by atoms with Crippen LogP contribution in [0.15, 0.2) is 48.5 Å². The molecule has 1 unspecified atom stereocenters. The van der Waals surface area contributed by atoms with Crippen LogP contribution in [0.5, 0.6) is 5.75 Å². The molecule has 0 spiro atoms. The van der Waals surface area contributed by atoms with E-state index in [4.69, 9.17) is 4.74 Å². The van der Waals surface area contributed by atoms with Crippen LogP contribution in [0.3, 0.4) is 0 Å². The van der Waals surface area contributed by atoms with Gasteiger partial charge >= 0.3 is 0 Å². The molecule has 20 heavy (non-hydrogen) atoms. The van der Waals surface area contributed by atoms with Gasteiger partial charge in [-0.25, -0.2) is 0 Å². The van der Waals surface area contributed by atoms with E-state index in [0.717, 1.165) is 11.3 Å². The molecule has 0 amide bonds. The molecule has 0 fully saturated rings. The quantitative estimate of drug-likeness (QED) is 0.888. The number of hydrogen-bond acceptors (Lipinski definition) is 2. The third-order valence-corrected chi connectivity index (χ3v) is 3.31. The molecule has 0 saturated heterocycles. The van der Waals surface area contributed by atoms with Gasteiger partial charge in [0.25, 0.3) is 0 Å². The molecule has 0 aliphatic heterocycles. The van der Waals surface area contributed by atoms with Gasteiger partial charge in [-0.2, -0.15) is 0 Å². The SMILES string of the molecule is Cc1ccccc1CC(O)c1ccc(OC(C)C)cc1. The van der Waals surface area contributed by atoms with Crippen molar-refractivity contribution in [3.63, 3.8) is 0 Å². The molecule has 0 aromatic heterocycles. The Balaban J connectivity index is 2.06. The maximum absolute atomic E-state index is 10.3. The second-order valence-corrected chi connectivity index (χ2v) is 5.38. The van der Waals surface area contributed by atoms with Crippen LogP contribution in [0, 0.1) is 6.92 Å². The summed E-state index contributed by atoms with van der Waals surface area (Å²) in [6.45, 7) is 6.07. The van der Waals surface area contributed by atoms with E-state index in [1.54, 1.807) is 0 Å². The zero-order valence-electron chi connectivity index (χ0n) is 12.3. The van der Waals surface area contributed by atoms with Crippen LogP contribution in [-0.2, 0) is 6.42 Å². The Bertz CT molecular complexity index is 544. The van der Waals surface area contributed by atoms with Crippen molar-refractivity contribution < 1.29 is 9.84 Å². The van der Waals surface area contributed by atoms with E-state index in [0.29, 0.717) is 6.42 Å². The van der Waals surface area contributed by atoms with Crippen molar-refractivity contribution in [2.45, 2.75) is 39.4 Å². The van der Waals surface area contributed by atoms with Gasteiger partial charge in [0.15, 0.2) is 0 Å². The summed E-state index contributed by atoms with van der Waals surface area (Å²) in [5, 5.41) is 10.3. The van der Waals surface area contributed by atoms with Crippen molar-refractivity contribution in [3.05, 3.63) is 65.2 Å². The summed E-state index contributed by atoms with van der Waals surface area (Å²) in [6, 6.07) is 15.8. The number of aliphatic hydroxyl groups excluding tert-OH is 1. The highest BCUT2D eigenvalue weighted by molar-refractivity contribution is 5.31. The van der Waals surface area contributed by atoms with Gasteiger partial charge in [0, 0.05) is 6.42 Å². The van der Waals surface area contributed by atoms with Gasteiger partial charge in [-0.3, -0.25) is 0 Å². The average Bonchev–Trinajstić information content (AvgIpc) is 2.41. The third-order valence-electron chi connectivity index (χ3n) is 3.31. The molecular weight excluding hydrogens is 248 g/mol. The lowest BCUT2D eigenvalue weighted by molar-refractivity contribution is 0.178. The number of hydrogen-bond donors (Lipinski definition) is 1. The number of rotatable bonds is 5. The first-order valence-electron chi connectivity index (χ1n) is 7.05. The molecule has 0 aliphatic carbocycles. The van der Waals surface area contributed by atoms with Crippen molar-refractivity contribution in [2.24, 2.45) is 0 Å². The Morgan fingerprint density at radius 1 is 1.00 bits per heavy atom. The monoisotopic (exact) mass is 270 g/mol. The van der Waals surface area contributed by atoms with Gasteiger partial charge in [-0.15, -0.1) is 0 Å². The van der Waals surface area contributed by atoms with Crippen molar-refractivity contribution in [1.29, 1.82) is 0 Å². The third kappa shape index (κ3) is 3.84. The number of aryl methyl sites for hydroxylation is 1.